The quantitative estimate of drug-likeness (QED) is 0.888. The summed E-state index contributed by atoms with van der Waals surface area (Å²) in [6.45, 7) is 4.85. The summed E-state index contributed by atoms with van der Waals surface area (Å²) >= 11 is 0. The van der Waals surface area contributed by atoms with E-state index in [0.29, 0.717) is 44.4 Å². The zero-order chi connectivity index (χ0) is 14.5. The molecule has 7 nitrogen and oxygen atoms in total. The molecule has 1 aromatic rings. The minimum atomic E-state index is -0.255. The van der Waals surface area contributed by atoms with Crippen LogP contribution in [0, 0.1) is 0 Å². The first-order valence-corrected chi connectivity index (χ1v) is 6.63. The van der Waals surface area contributed by atoms with Crippen molar-refractivity contribution in [3.05, 3.63) is 12.1 Å². The van der Waals surface area contributed by atoms with Gasteiger partial charge in [-0.3, -0.25) is 0 Å². The molecule has 110 valence electrons. The summed E-state index contributed by atoms with van der Waals surface area (Å²) in [5.41, 5.74) is 6.26. The maximum absolute atomic E-state index is 11.6. The number of aromatic nitrogens is 1. The molecule has 1 saturated heterocycles. The molecule has 7 heteroatoms. The van der Waals surface area contributed by atoms with Crippen molar-refractivity contribution in [3.63, 3.8) is 0 Å². The van der Waals surface area contributed by atoms with Crippen LogP contribution in [0.1, 0.15) is 6.92 Å². The maximum Gasteiger partial charge on any atom is 0.409 e. The van der Waals surface area contributed by atoms with Crippen LogP contribution < -0.4 is 15.4 Å². The first-order chi connectivity index (χ1) is 9.65. The number of ether oxygens (including phenoxy) is 2. The largest absolute Gasteiger partial charge is 0.479 e. The molecule has 0 aromatic carbocycles. The van der Waals surface area contributed by atoms with Crippen molar-refractivity contribution in [2.45, 2.75) is 6.92 Å². The zero-order valence-corrected chi connectivity index (χ0v) is 11.8. The number of hydrogen-bond acceptors (Lipinski definition) is 6. The van der Waals surface area contributed by atoms with Crippen molar-refractivity contribution < 1.29 is 14.3 Å². The first-order valence-electron chi connectivity index (χ1n) is 6.63. The standard InChI is InChI=1S/C13H20N4O3/c1-3-20-13(18)17-8-6-16(7-9-17)11-5-4-10(14)12(15-11)19-2/h4-5H,3,6-9,14H2,1-2H3. The smallest absolute Gasteiger partial charge is 0.409 e. The summed E-state index contributed by atoms with van der Waals surface area (Å²) in [5, 5.41) is 0. The average molecular weight is 280 g/mol. The summed E-state index contributed by atoms with van der Waals surface area (Å²) in [4.78, 5) is 19.8. The summed E-state index contributed by atoms with van der Waals surface area (Å²) in [6.07, 6.45) is -0.255. The topological polar surface area (TPSA) is 80.9 Å². The van der Waals surface area contributed by atoms with E-state index in [0.717, 1.165) is 5.82 Å². The molecule has 1 amide bonds. The van der Waals surface area contributed by atoms with Crippen molar-refractivity contribution in [2.24, 2.45) is 0 Å². The van der Waals surface area contributed by atoms with Gasteiger partial charge >= 0.3 is 6.09 Å². The summed E-state index contributed by atoms with van der Waals surface area (Å²) < 4.78 is 10.1. The molecule has 1 aliphatic heterocycles. The fraction of sp³-hybridized carbons (Fsp3) is 0.538. The molecule has 0 spiro atoms. The number of carbonyl (C=O) groups is 1. The molecule has 0 aliphatic carbocycles. The fourth-order valence-corrected chi connectivity index (χ4v) is 2.11. The first kappa shape index (κ1) is 14.2. The number of nitrogens with two attached hydrogens (primary N) is 1. The number of rotatable bonds is 3. The second-order valence-corrected chi connectivity index (χ2v) is 4.44. The lowest BCUT2D eigenvalue weighted by atomic mass is 10.3. The summed E-state index contributed by atoms with van der Waals surface area (Å²) in [7, 11) is 1.54. The lowest BCUT2D eigenvalue weighted by Crippen LogP contribution is -2.49. The monoisotopic (exact) mass is 280 g/mol. The number of carbonyl (C=O) groups excluding carboxylic acids is 1. The van der Waals surface area contributed by atoms with E-state index in [1.54, 1.807) is 25.0 Å². The number of nitrogens with zero attached hydrogens (tertiary/aromatic N) is 3. The number of pyridine rings is 1. The van der Waals surface area contributed by atoms with Crippen LogP contribution in [0.25, 0.3) is 0 Å². The van der Waals surface area contributed by atoms with Gasteiger partial charge in [-0.1, -0.05) is 0 Å². The molecule has 2 rings (SSSR count). The van der Waals surface area contributed by atoms with Gasteiger partial charge in [-0.25, -0.2) is 4.79 Å². The SMILES string of the molecule is CCOC(=O)N1CCN(c2ccc(N)c(OC)n2)CC1. The molecular weight excluding hydrogens is 260 g/mol. The third-order valence-corrected chi connectivity index (χ3v) is 3.20. The number of nitrogen functional groups attached to an aromatic ring is 1. The van der Waals surface area contributed by atoms with Gasteiger partial charge < -0.3 is 25.0 Å². The van der Waals surface area contributed by atoms with Crippen LogP contribution in [0.15, 0.2) is 12.1 Å². The van der Waals surface area contributed by atoms with E-state index in [4.69, 9.17) is 15.2 Å². The predicted molar refractivity (Wildman–Crippen MR) is 76.0 cm³/mol. The van der Waals surface area contributed by atoms with Gasteiger partial charge in [0.05, 0.1) is 19.4 Å². The minimum absolute atomic E-state index is 0.255. The normalized spacial score (nSPS) is 15.1. The van der Waals surface area contributed by atoms with Crippen LogP contribution in [0.2, 0.25) is 0 Å². The Balaban J connectivity index is 1.98. The van der Waals surface area contributed by atoms with E-state index in [9.17, 15) is 4.79 Å². The third-order valence-electron chi connectivity index (χ3n) is 3.20. The molecule has 2 heterocycles. The highest BCUT2D eigenvalue weighted by atomic mass is 16.6. The highest BCUT2D eigenvalue weighted by molar-refractivity contribution is 5.68. The molecule has 1 aliphatic rings. The Morgan fingerprint density at radius 3 is 2.65 bits per heavy atom. The summed E-state index contributed by atoms with van der Waals surface area (Å²) in [6, 6.07) is 3.64. The number of methoxy groups -OCH3 is 1. The molecule has 1 fully saturated rings. The zero-order valence-electron chi connectivity index (χ0n) is 11.8. The van der Waals surface area contributed by atoms with Crippen LogP contribution in [0.3, 0.4) is 0 Å². The Hall–Kier alpha value is -2.18. The molecule has 0 atom stereocenters. The van der Waals surface area contributed by atoms with Crippen molar-refractivity contribution in [1.29, 1.82) is 0 Å². The third kappa shape index (κ3) is 3.04. The van der Waals surface area contributed by atoms with E-state index in [-0.39, 0.29) is 6.09 Å². The van der Waals surface area contributed by atoms with E-state index in [1.807, 2.05) is 6.07 Å². The van der Waals surface area contributed by atoms with Gasteiger partial charge in [0.15, 0.2) is 0 Å². The number of amides is 1. The van der Waals surface area contributed by atoms with Gasteiger partial charge in [0.2, 0.25) is 5.88 Å². The molecular formula is C13H20N4O3. The van der Waals surface area contributed by atoms with Gasteiger partial charge in [0.1, 0.15) is 5.82 Å². The Kier molecular flexibility index (Phi) is 4.49. The van der Waals surface area contributed by atoms with Gasteiger partial charge in [-0.15, -0.1) is 0 Å². The van der Waals surface area contributed by atoms with Crippen LogP contribution in [-0.4, -0.2) is 55.9 Å². The van der Waals surface area contributed by atoms with Gasteiger partial charge in [0, 0.05) is 26.2 Å². The molecule has 0 saturated carbocycles. The average Bonchev–Trinajstić information content (AvgIpc) is 2.48. The number of anilines is 2. The fourth-order valence-electron chi connectivity index (χ4n) is 2.11. The summed E-state index contributed by atoms with van der Waals surface area (Å²) in [5.74, 6) is 1.23. The second-order valence-electron chi connectivity index (χ2n) is 4.44. The van der Waals surface area contributed by atoms with Crippen molar-refractivity contribution >= 4 is 17.6 Å². The van der Waals surface area contributed by atoms with Gasteiger partial charge in [0.25, 0.3) is 0 Å². The predicted octanol–water partition coefficient (Wildman–Crippen LogP) is 0.951. The Labute approximate surface area is 118 Å². The van der Waals surface area contributed by atoms with E-state index >= 15 is 0 Å². The number of hydrogen-bond donors (Lipinski definition) is 1. The molecule has 0 unspecified atom stereocenters. The Bertz CT molecular complexity index is 473. The molecule has 1 aromatic heterocycles. The van der Waals surface area contributed by atoms with Gasteiger partial charge in [-0.2, -0.15) is 4.98 Å². The lowest BCUT2D eigenvalue weighted by molar-refractivity contribution is 0.105. The number of piperazine rings is 1. The minimum Gasteiger partial charge on any atom is -0.479 e. The van der Waals surface area contributed by atoms with Gasteiger partial charge in [-0.05, 0) is 19.1 Å². The maximum atomic E-state index is 11.6. The second kappa shape index (κ2) is 6.31. The van der Waals surface area contributed by atoms with Crippen molar-refractivity contribution in [3.8, 4) is 5.88 Å². The van der Waals surface area contributed by atoms with E-state index in [1.165, 1.54) is 0 Å². The van der Waals surface area contributed by atoms with Crippen LogP contribution >= 0.6 is 0 Å². The molecule has 0 bridgehead atoms. The lowest BCUT2D eigenvalue weighted by Gasteiger charge is -2.34. The van der Waals surface area contributed by atoms with Crippen molar-refractivity contribution in [1.82, 2.24) is 9.88 Å². The van der Waals surface area contributed by atoms with E-state index in [2.05, 4.69) is 9.88 Å². The van der Waals surface area contributed by atoms with Crippen LogP contribution in [0.4, 0.5) is 16.3 Å². The molecule has 20 heavy (non-hydrogen) atoms. The molecule has 2 N–H and O–H groups in total. The highest BCUT2D eigenvalue weighted by Crippen LogP contribution is 2.23. The van der Waals surface area contributed by atoms with Crippen LogP contribution in [0.5, 0.6) is 5.88 Å². The Morgan fingerprint density at radius 1 is 1.35 bits per heavy atom. The Morgan fingerprint density at radius 2 is 2.05 bits per heavy atom. The van der Waals surface area contributed by atoms with E-state index < -0.39 is 0 Å². The van der Waals surface area contributed by atoms with Crippen molar-refractivity contribution in [2.75, 3.05) is 50.5 Å². The molecule has 0 radical (unpaired) electrons. The van der Waals surface area contributed by atoms with Crippen LogP contribution in [-0.2, 0) is 4.74 Å². The highest BCUT2D eigenvalue weighted by Gasteiger charge is 2.23.